The number of fused-ring (bicyclic) bond motifs is 1. The predicted molar refractivity (Wildman–Crippen MR) is 116 cm³/mol. The molecular weight excluding hydrogens is 420 g/mol. The van der Waals surface area contributed by atoms with E-state index in [-0.39, 0.29) is 11.7 Å². The van der Waals surface area contributed by atoms with Crippen LogP contribution in [0.25, 0.3) is 11.1 Å². The van der Waals surface area contributed by atoms with Crippen molar-refractivity contribution in [1.29, 1.82) is 0 Å². The van der Waals surface area contributed by atoms with E-state index in [2.05, 4.69) is 5.32 Å². The van der Waals surface area contributed by atoms with Crippen molar-refractivity contribution in [1.82, 2.24) is 9.78 Å². The first kappa shape index (κ1) is 19.9. The van der Waals surface area contributed by atoms with Gasteiger partial charge in [0.15, 0.2) is 5.78 Å². The van der Waals surface area contributed by atoms with E-state index in [1.54, 1.807) is 16.8 Å². The zero-order valence-corrected chi connectivity index (χ0v) is 17.8. The molecule has 0 saturated heterocycles. The SMILES string of the molecule is Cc1nn2c(c1-c1ccc(Cl)cc1)NC1=C(C(=O)C[C@@H](C)C1)[C@H]2c1cc(F)cc(F)c1. The van der Waals surface area contributed by atoms with Gasteiger partial charge in [-0.1, -0.05) is 30.7 Å². The van der Waals surface area contributed by atoms with Crippen LogP contribution in [0.3, 0.4) is 0 Å². The van der Waals surface area contributed by atoms with Gasteiger partial charge in [-0.2, -0.15) is 5.10 Å². The molecular formula is C24H20ClF2N3O. The van der Waals surface area contributed by atoms with Crippen LogP contribution in [-0.4, -0.2) is 15.6 Å². The third-order valence-electron chi connectivity index (χ3n) is 5.92. The van der Waals surface area contributed by atoms with E-state index >= 15 is 0 Å². The molecule has 7 heteroatoms. The molecule has 4 nitrogen and oxygen atoms in total. The molecule has 0 spiro atoms. The third-order valence-corrected chi connectivity index (χ3v) is 6.17. The average molecular weight is 440 g/mol. The number of hydrogen-bond acceptors (Lipinski definition) is 3. The van der Waals surface area contributed by atoms with E-state index in [1.807, 2.05) is 26.0 Å². The van der Waals surface area contributed by atoms with Crippen LogP contribution < -0.4 is 5.32 Å². The van der Waals surface area contributed by atoms with Gasteiger partial charge in [-0.05, 0) is 54.7 Å². The Labute approximate surface area is 183 Å². The minimum Gasteiger partial charge on any atom is -0.343 e. The Morgan fingerprint density at radius 1 is 1.10 bits per heavy atom. The number of aromatic nitrogens is 2. The normalized spacial score (nSPS) is 20.4. The average Bonchev–Trinajstić information content (AvgIpc) is 3.01. The molecule has 31 heavy (non-hydrogen) atoms. The largest absolute Gasteiger partial charge is 0.343 e. The molecule has 0 radical (unpaired) electrons. The summed E-state index contributed by atoms with van der Waals surface area (Å²) >= 11 is 6.06. The van der Waals surface area contributed by atoms with E-state index < -0.39 is 17.7 Å². The van der Waals surface area contributed by atoms with Gasteiger partial charge in [0.25, 0.3) is 0 Å². The molecule has 3 aromatic rings. The summed E-state index contributed by atoms with van der Waals surface area (Å²) in [4.78, 5) is 13.1. The van der Waals surface area contributed by atoms with Gasteiger partial charge < -0.3 is 5.32 Å². The van der Waals surface area contributed by atoms with Crippen molar-refractivity contribution in [2.45, 2.75) is 32.7 Å². The van der Waals surface area contributed by atoms with Crippen LogP contribution in [-0.2, 0) is 4.79 Å². The van der Waals surface area contributed by atoms with Gasteiger partial charge >= 0.3 is 0 Å². The smallest absolute Gasteiger partial charge is 0.163 e. The molecule has 158 valence electrons. The van der Waals surface area contributed by atoms with Crippen molar-refractivity contribution in [2.75, 3.05) is 5.32 Å². The summed E-state index contributed by atoms with van der Waals surface area (Å²) in [5.74, 6) is -0.512. The van der Waals surface area contributed by atoms with Crippen molar-refractivity contribution in [3.63, 3.8) is 0 Å². The van der Waals surface area contributed by atoms with E-state index in [0.29, 0.717) is 34.8 Å². The first-order valence-electron chi connectivity index (χ1n) is 10.2. The topological polar surface area (TPSA) is 46.9 Å². The molecule has 5 rings (SSSR count). The van der Waals surface area contributed by atoms with Crippen LogP contribution in [0.4, 0.5) is 14.6 Å². The number of benzene rings is 2. The molecule has 0 bridgehead atoms. The van der Waals surface area contributed by atoms with Crippen LogP contribution in [0.2, 0.25) is 5.02 Å². The van der Waals surface area contributed by atoms with Crippen LogP contribution in [0.1, 0.15) is 37.1 Å². The van der Waals surface area contributed by atoms with Gasteiger partial charge in [-0.15, -0.1) is 0 Å². The molecule has 2 aromatic carbocycles. The number of anilines is 1. The first-order chi connectivity index (χ1) is 14.8. The van der Waals surface area contributed by atoms with Crippen molar-refractivity contribution in [3.05, 3.63) is 81.6 Å². The Balaban J connectivity index is 1.76. The fraction of sp³-hybridized carbons (Fsp3) is 0.250. The number of carbonyl (C=O) groups excluding carboxylic acids is 1. The summed E-state index contributed by atoms with van der Waals surface area (Å²) in [6.45, 7) is 3.90. The van der Waals surface area contributed by atoms with E-state index in [1.165, 1.54) is 12.1 Å². The van der Waals surface area contributed by atoms with Gasteiger partial charge in [0.2, 0.25) is 0 Å². The first-order valence-corrected chi connectivity index (χ1v) is 10.5. The number of allylic oxidation sites excluding steroid dienone is 2. The van der Waals surface area contributed by atoms with E-state index in [9.17, 15) is 13.6 Å². The molecule has 0 fully saturated rings. The minimum absolute atomic E-state index is 0.0252. The van der Waals surface area contributed by atoms with Crippen molar-refractivity contribution in [2.24, 2.45) is 5.92 Å². The maximum atomic E-state index is 14.1. The number of nitrogens with zero attached hydrogens (tertiary/aromatic N) is 2. The van der Waals surface area contributed by atoms with Crippen LogP contribution in [0.5, 0.6) is 0 Å². The van der Waals surface area contributed by atoms with E-state index in [4.69, 9.17) is 16.7 Å². The number of Topliss-reactive ketones (excluding diaryl/α,β-unsaturated/α-hetero) is 1. The summed E-state index contributed by atoms with van der Waals surface area (Å²) in [6.07, 6.45) is 1.08. The van der Waals surface area contributed by atoms with Gasteiger partial charge in [-0.3, -0.25) is 4.79 Å². The number of hydrogen-bond donors (Lipinski definition) is 1. The number of carbonyl (C=O) groups is 1. The lowest BCUT2D eigenvalue weighted by Crippen LogP contribution is -2.33. The number of ketones is 1. The van der Waals surface area contributed by atoms with E-state index in [0.717, 1.165) is 28.6 Å². The molecule has 2 atom stereocenters. The summed E-state index contributed by atoms with van der Waals surface area (Å²) in [6, 6.07) is 10.1. The highest BCUT2D eigenvalue weighted by Crippen LogP contribution is 2.46. The molecule has 1 aromatic heterocycles. The molecule has 1 aliphatic carbocycles. The van der Waals surface area contributed by atoms with Gasteiger partial charge in [0.05, 0.1) is 5.69 Å². The fourth-order valence-electron chi connectivity index (χ4n) is 4.68. The van der Waals surface area contributed by atoms with Crippen molar-refractivity contribution < 1.29 is 13.6 Å². The highest BCUT2D eigenvalue weighted by atomic mass is 35.5. The summed E-state index contributed by atoms with van der Waals surface area (Å²) in [5.41, 5.74) is 4.21. The maximum Gasteiger partial charge on any atom is 0.163 e. The number of halogens is 3. The quantitative estimate of drug-likeness (QED) is 0.528. The highest BCUT2D eigenvalue weighted by Gasteiger charge is 2.39. The second-order valence-corrected chi connectivity index (χ2v) is 8.76. The second-order valence-electron chi connectivity index (χ2n) is 8.32. The minimum atomic E-state index is -0.698. The van der Waals surface area contributed by atoms with Gasteiger partial charge in [-0.25, -0.2) is 13.5 Å². The molecule has 0 saturated carbocycles. The van der Waals surface area contributed by atoms with Crippen LogP contribution >= 0.6 is 11.6 Å². The summed E-state index contributed by atoms with van der Waals surface area (Å²) in [5, 5.41) is 8.76. The number of nitrogens with one attached hydrogen (secondary N) is 1. The Kier molecular flexibility index (Phi) is 4.70. The van der Waals surface area contributed by atoms with Gasteiger partial charge in [0.1, 0.15) is 23.5 Å². The Hall–Kier alpha value is -2.99. The standard InChI is InChI=1S/C24H20ClF2N3O/c1-12-7-19-22(20(31)8-12)23(15-9-17(26)11-18(27)10-15)30-24(28-19)21(13(2)29-30)14-3-5-16(25)6-4-14/h3-6,9-12,23,28H,7-8H2,1-2H3/t12-,23+/m0/s1. The van der Waals surface area contributed by atoms with Gasteiger partial charge in [0, 0.05) is 34.3 Å². The van der Waals surface area contributed by atoms with Crippen molar-refractivity contribution >= 4 is 23.2 Å². The molecule has 1 N–H and O–H groups in total. The van der Waals surface area contributed by atoms with Crippen LogP contribution in [0, 0.1) is 24.5 Å². The second kappa shape index (κ2) is 7.31. The lowest BCUT2D eigenvalue weighted by molar-refractivity contribution is -0.117. The number of rotatable bonds is 2. The molecule has 1 aliphatic heterocycles. The summed E-state index contributed by atoms with van der Waals surface area (Å²) in [7, 11) is 0. The third kappa shape index (κ3) is 3.35. The molecule has 2 aliphatic rings. The number of aryl methyl sites for hydroxylation is 1. The predicted octanol–water partition coefficient (Wildman–Crippen LogP) is 6.06. The molecule has 0 amide bonds. The molecule has 2 heterocycles. The Morgan fingerprint density at radius 2 is 1.77 bits per heavy atom. The van der Waals surface area contributed by atoms with Crippen molar-refractivity contribution in [3.8, 4) is 11.1 Å². The zero-order valence-electron chi connectivity index (χ0n) is 17.0. The fourth-order valence-corrected chi connectivity index (χ4v) is 4.81. The summed E-state index contributed by atoms with van der Waals surface area (Å²) < 4.78 is 29.9. The maximum absolute atomic E-state index is 14.1. The Bertz CT molecular complexity index is 1230. The molecule has 0 unspecified atom stereocenters. The lowest BCUT2D eigenvalue weighted by atomic mass is 9.81. The Morgan fingerprint density at radius 3 is 2.45 bits per heavy atom. The lowest BCUT2D eigenvalue weighted by Gasteiger charge is -2.35. The zero-order chi connectivity index (χ0) is 21.9. The van der Waals surface area contributed by atoms with Crippen LogP contribution in [0.15, 0.2) is 53.7 Å². The monoisotopic (exact) mass is 439 g/mol. The highest BCUT2D eigenvalue weighted by molar-refractivity contribution is 6.30.